The number of nitrogens with zero attached hydrogens (tertiary/aromatic N) is 4. The van der Waals surface area contributed by atoms with Crippen molar-refractivity contribution in [3.8, 4) is 0 Å². The SMILES string of the molecule is CNC1C=CN=C(Cl)/C1=C/NCc1cnc(N2C=C(C)CN2C)c(C)c1. The van der Waals surface area contributed by atoms with E-state index in [9.17, 15) is 0 Å². The molecule has 3 rings (SSSR count). The number of nitrogens with one attached hydrogen (secondary N) is 2. The van der Waals surface area contributed by atoms with Crippen molar-refractivity contribution in [2.45, 2.75) is 26.4 Å². The van der Waals surface area contributed by atoms with E-state index >= 15 is 0 Å². The molecule has 1 aromatic rings. The third-order valence-corrected chi connectivity index (χ3v) is 4.74. The second-order valence-electron chi connectivity index (χ2n) is 6.63. The molecule has 0 spiro atoms. The summed E-state index contributed by atoms with van der Waals surface area (Å²) >= 11 is 6.20. The summed E-state index contributed by atoms with van der Waals surface area (Å²) < 4.78 is 0. The van der Waals surface area contributed by atoms with Gasteiger partial charge in [-0.05, 0) is 49.7 Å². The zero-order chi connectivity index (χ0) is 18.7. The topological polar surface area (TPSA) is 55.8 Å². The van der Waals surface area contributed by atoms with Crippen LogP contribution in [0.5, 0.6) is 0 Å². The van der Waals surface area contributed by atoms with E-state index in [0.29, 0.717) is 11.7 Å². The highest BCUT2D eigenvalue weighted by molar-refractivity contribution is 6.70. The number of aryl methyl sites for hydroxylation is 1. The van der Waals surface area contributed by atoms with Gasteiger partial charge in [0.15, 0.2) is 0 Å². The Labute approximate surface area is 159 Å². The first-order valence-corrected chi connectivity index (χ1v) is 9.01. The van der Waals surface area contributed by atoms with Crippen LogP contribution in [0.1, 0.15) is 18.1 Å². The Balaban J connectivity index is 1.68. The number of hydrogen-bond acceptors (Lipinski definition) is 6. The molecule has 0 saturated heterocycles. The zero-order valence-electron chi connectivity index (χ0n) is 15.6. The van der Waals surface area contributed by atoms with E-state index in [4.69, 9.17) is 11.6 Å². The van der Waals surface area contributed by atoms with Crippen LogP contribution in [0.4, 0.5) is 5.82 Å². The first kappa shape index (κ1) is 18.6. The zero-order valence-corrected chi connectivity index (χ0v) is 16.4. The third kappa shape index (κ3) is 3.98. The van der Waals surface area contributed by atoms with Crippen LogP contribution in [0, 0.1) is 6.92 Å². The third-order valence-electron chi connectivity index (χ3n) is 4.43. The number of aromatic nitrogens is 1. The van der Waals surface area contributed by atoms with Gasteiger partial charge in [0.25, 0.3) is 0 Å². The second-order valence-corrected chi connectivity index (χ2v) is 6.99. The Morgan fingerprint density at radius 3 is 2.85 bits per heavy atom. The molecule has 2 N–H and O–H groups in total. The van der Waals surface area contributed by atoms with Crippen molar-refractivity contribution in [2.75, 3.05) is 25.6 Å². The molecule has 1 aromatic heterocycles. The number of likely N-dealkylation sites (N-methyl/N-ethyl adjacent to an activating group) is 2. The standard InChI is InChI=1S/C19H25ClN6/c1-13-11-25(4)26(12-13)19-14(2)7-15(9-24-19)8-22-10-16-17(21-3)5-6-23-18(16)20/h5-7,9-10,12,17,21-22H,8,11H2,1-4H3/b16-10+. The fourth-order valence-corrected chi connectivity index (χ4v) is 3.38. The molecule has 0 aromatic carbocycles. The molecule has 3 heterocycles. The number of aliphatic imine (C=N–C) groups is 1. The number of hydrazine groups is 1. The first-order chi connectivity index (χ1) is 12.5. The minimum Gasteiger partial charge on any atom is -0.386 e. The van der Waals surface area contributed by atoms with Crippen LogP contribution in [-0.2, 0) is 6.54 Å². The number of anilines is 1. The van der Waals surface area contributed by atoms with Crippen molar-refractivity contribution in [2.24, 2.45) is 4.99 Å². The van der Waals surface area contributed by atoms with Gasteiger partial charge in [0.2, 0.25) is 0 Å². The molecule has 2 aliphatic rings. The molecule has 0 fully saturated rings. The number of halogens is 1. The highest BCUT2D eigenvalue weighted by Gasteiger charge is 2.20. The van der Waals surface area contributed by atoms with Crippen molar-refractivity contribution < 1.29 is 0 Å². The molecule has 0 amide bonds. The van der Waals surface area contributed by atoms with Gasteiger partial charge >= 0.3 is 0 Å². The maximum atomic E-state index is 6.20. The smallest absolute Gasteiger partial charge is 0.149 e. The van der Waals surface area contributed by atoms with E-state index in [1.807, 2.05) is 25.5 Å². The molecule has 0 radical (unpaired) electrons. The van der Waals surface area contributed by atoms with Crippen molar-refractivity contribution in [1.82, 2.24) is 20.6 Å². The molecule has 1 atom stereocenters. The van der Waals surface area contributed by atoms with Crippen molar-refractivity contribution in [3.05, 3.63) is 59.2 Å². The van der Waals surface area contributed by atoms with E-state index in [2.05, 4.69) is 63.8 Å². The predicted octanol–water partition coefficient (Wildman–Crippen LogP) is 2.69. The van der Waals surface area contributed by atoms with Crippen LogP contribution in [-0.4, -0.2) is 41.8 Å². The maximum Gasteiger partial charge on any atom is 0.149 e. The van der Waals surface area contributed by atoms with Crippen LogP contribution < -0.4 is 15.6 Å². The van der Waals surface area contributed by atoms with Gasteiger partial charge in [-0.2, -0.15) is 0 Å². The maximum absolute atomic E-state index is 6.20. The molecule has 2 aliphatic heterocycles. The monoisotopic (exact) mass is 372 g/mol. The summed E-state index contributed by atoms with van der Waals surface area (Å²) in [6.45, 7) is 5.82. The number of hydrogen-bond donors (Lipinski definition) is 2. The summed E-state index contributed by atoms with van der Waals surface area (Å²) in [5.41, 5.74) is 4.51. The lowest BCUT2D eigenvalue weighted by Crippen LogP contribution is -2.32. The van der Waals surface area contributed by atoms with Gasteiger partial charge < -0.3 is 10.6 Å². The molecule has 0 saturated carbocycles. The van der Waals surface area contributed by atoms with E-state index in [1.54, 1.807) is 6.20 Å². The lowest BCUT2D eigenvalue weighted by molar-refractivity contribution is 0.388. The van der Waals surface area contributed by atoms with E-state index in [-0.39, 0.29) is 6.04 Å². The van der Waals surface area contributed by atoms with Gasteiger partial charge in [0.05, 0.1) is 6.04 Å². The Kier molecular flexibility index (Phi) is 5.76. The molecule has 1 unspecified atom stereocenters. The summed E-state index contributed by atoms with van der Waals surface area (Å²) in [7, 11) is 3.97. The van der Waals surface area contributed by atoms with Crippen molar-refractivity contribution >= 4 is 22.6 Å². The van der Waals surface area contributed by atoms with Crippen LogP contribution >= 0.6 is 11.6 Å². The average Bonchev–Trinajstić information content (AvgIpc) is 2.94. The van der Waals surface area contributed by atoms with E-state index < -0.39 is 0 Å². The van der Waals surface area contributed by atoms with Gasteiger partial charge in [0.1, 0.15) is 11.0 Å². The summed E-state index contributed by atoms with van der Waals surface area (Å²) in [5.74, 6) is 0.967. The summed E-state index contributed by atoms with van der Waals surface area (Å²) in [6.07, 6.45) is 9.66. The van der Waals surface area contributed by atoms with Gasteiger partial charge in [-0.15, -0.1) is 0 Å². The van der Waals surface area contributed by atoms with Crippen LogP contribution in [0.15, 0.2) is 53.1 Å². The molecule has 138 valence electrons. The molecule has 26 heavy (non-hydrogen) atoms. The molecule has 6 nitrogen and oxygen atoms in total. The summed E-state index contributed by atoms with van der Waals surface area (Å²) in [5, 5.41) is 11.3. The average molecular weight is 373 g/mol. The highest BCUT2D eigenvalue weighted by Crippen LogP contribution is 2.24. The van der Waals surface area contributed by atoms with E-state index in [1.165, 1.54) is 5.57 Å². The molecule has 7 heteroatoms. The minimum atomic E-state index is 0.0652. The summed E-state index contributed by atoms with van der Waals surface area (Å²) in [4.78, 5) is 8.81. The Morgan fingerprint density at radius 1 is 1.38 bits per heavy atom. The van der Waals surface area contributed by atoms with Crippen molar-refractivity contribution in [1.29, 1.82) is 0 Å². The Morgan fingerprint density at radius 2 is 2.19 bits per heavy atom. The largest absolute Gasteiger partial charge is 0.386 e. The lowest BCUT2D eigenvalue weighted by atomic mass is 10.1. The molecule has 0 aliphatic carbocycles. The van der Waals surface area contributed by atoms with Gasteiger partial charge in [-0.3, -0.25) is 5.01 Å². The minimum absolute atomic E-state index is 0.0652. The Bertz CT molecular complexity index is 795. The Hall–Kier alpha value is -2.15. The van der Waals surface area contributed by atoms with Crippen LogP contribution in [0.3, 0.4) is 0 Å². The van der Waals surface area contributed by atoms with Crippen molar-refractivity contribution in [3.63, 3.8) is 0 Å². The number of pyridine rings is 1. The highest BCUT2D eigenvalue weighted by atomic mass is 35.5. The normalized spacial score (nSPS) is 22.0. The quantitative estimate of drug-likeness (QED) is 0.832. The lowest BCUT2D eigenvalue weighted by Gasteiger charge is -2.25. The summed E-state index contributed by atoms with van der Waals surface area (Å²) in [6, 6.07) is 2.23. The van der Waals surface area contributed by atoms with Gasteiger partial charge in [0, 0.05) is 50.5 Å². The second kappa shape index (κ2) is 8.03. The van der Waals surface area contributed by atoms with Crippen LogP contribution in [0.25, 0.3) is 0 Å². The molecule has 0 bridgehead atoms. The molecular weight excluding hydrogens is 348 g/mol. The van der Waals surface area contributed by atoms with Crippen LogP contribution in [0.2, 0.25) is 0 Å². The molecular formula is C19H25ClN6. The fourth-order valence-electron chi connectivity index (χ4n) is 3.15. The van der Waals surface area contributed by atoms with Gasteiger partial charge in [-0.25, -0.2) is 15.0 Å². The predicted molar refractivity (Wildman–Crippen MR) is 108 cm³/mol. The van der Waals surface area contributed by atoms with E-state index in [0.717, 1.165) is 29.1 Å². The first-order valence-electron chi connectivity index (χ1n) is 8.63. The van der Waals surface area contributed by atoms with Gasteiger partial charge in [-0.1, -0.05) is 11.6 Å². The number of rotatable bonds is 5. The fraction of sp³-hybridized carbons (Fsp3) is 0.368.